The SMILES string of the molecule is CC(C)(C)C1CCN(S(=O)(=O)c2cc([N+](=O)[O-])c(Cl)s2)C1. The van der Waals surface area contributed by atoms with Crippen LogP contribution in [-0.2, 0) is 10.0 Å². The maximum Gasteiger partial charge on any atom is 0.300 e. The summed E-state index contributed by atoms with van der Waals surface area (Å²) in [6.07, 6.45) is 0.796. The first kappa shape index (κ1) is 16.7. The summed E-state index contributed by atoms with van der Waals surface area (Å²) < 4.78 is 26.3. The van der Waals surface area contributed by atoms with E-state index in [4.69, 9.17) is 11.6 Å². The van der Waals surface area contributed by atoms with Crippen molar-refractivity contribution in [2.24, 2.45) is 11.3 Å². The first-order valence-electron chi connectivity index (χ1n) is 6.47. The highest BCUT2D eigenvalue weighted by Gasteiger charge is 2.39. The van der Waals surface area contributed by atoms with E-state index >= 15 is 0 Å². The van der Waals surface area contributed by atoms with E-state index in [0.717, 1.165) is 23.8 Å². The Kier molecular flexibility index (Phi) is 4.36. The van der Waals surface area contributed by atoms with E-state index in [9.17, 15) is 18.5 Å². The Hall–Kier alpha value is -0.700. The van der Waals surface area contributed by atoms with Crippen molar-refractivity contribution in [3.63, 3.8) is 0 Å². The fraction of sp³-hybridized carbons (Fsp3) is 0.667. The van der Waals surface area contributed by atoms with Crippen molar-refractivity contribution < 1.29 is 13.3 Å². The summed E-state index contributed by atoms with van der Waals surface area (Å²) in [7, 11) is -3.70. The lowest BCUT2D eigenvalue weighted by Crippen LogP contribution is -2.30. The third-order valence-corrected chi connectivity index (χ3v) is 7.46. The van der Waals surface area contributed by atoms with Crippen molar-refractivity contribution in [2.75, 3.05) is 13.1 Å². The number of rotatable bonds is 3. The lowest BCUT2D eigenvalue weighted by molar-refractivity contribution is -0.384. The van der Waals surface area contributed by atoms with E-state index in [1.54, 1.807) is 0 Å². The van der Waals surface area contributed by atoms with Gasteiger partial charge in [0.05, 0.1) is 4.92 Å². The largest absolute Gasteiger partial charge is 0.300 e. The Morgan fingerprint density at radius 3 is 2.52 bits per heavy atom. The number of thiophene rings is 1. The number of hydrogen-bond donors (Lipinski definition) is 0. The summed E-state index contributed by atoms with van der Waals surface area (Å²) in [5.74, 6) is 0.276. The van der Waals surface area contributed by atoms with Gasteiger partial charge in [-0.1, -0.05) is 32.4 Å². The third-order valence-electron chi connectivity index (χ3n) is 3.81. The predicted molar refractivity (Wildman–Crippen MR) is 82.3 cm³/mol. The van der Waals surface area contributed by atoms with Gasteiger partial charge in [-0.2, -0.15) is 4.31 Å². The van der Waals surface area contributed by atoms with Gasteiger partial charge >= 0.3 is 0 Å². The molecule has 1 saturated heterocycles. The number of halogens is 1. The minimum absolute atomic E-state index is 0.0311. The second kappa shape index (κ2) is 5.49. The van der Waals surface area contributed by atoms with Crippen LogP contribution in [-0.4, -0.2) is 30.7 Å². The van der Waals surface area contributed by atoms with Gasteiger partial charge in [0.25, 0.3) is 15.7 Å². The van der Waals surface area contributed by atoms with E-state index in [1.165, 1.54) is 4.31 Å². The van der Waals surface area contributed by atoms with Crippen LogP contribution in [0.5, 0.6) is 0 Å². The molecule has 1 fully saturated rings. The highest BCUT2D eigenvalue weighted by Crippen LogP contribution is 2.40. The molecule has 2 heterocycles. The van der Waals surface area contributed by atoms with Crippen molar-refractivity contribution in [3.8, 4) is 0 Å². The molecule has 6 nitrogen and oxygen atoms in total. The average Bonchev–Trinajstić information content (AvgIpc) is 2.93. The van der Waals surface area contributed by atoms with Gasteiger partial charge in [-0.3, -0.25) is 10.1 Å². The molecular weight excluding hydrogens is 336 g/mol. The van der Waals surface area contributed by atoms with Gasteiger partial charge in [-0.15, -0.1) is 11.3 Å². The van der Waals surface area contributed by atoms with Crippen LogP contribution in [0.1, 0.15) is 27.2 Å². The molecule has 1 aliphatic rings. The number of nitro groups is 1. The lowest BCUT2D eigenvalue weighted by Gasteiger charge is -2.26. The molecule has 1 aromatic heterocycles. The minimum atomic E-state index is -3.70. The van der Waals surface area contributed by atoms with Crippen LogP contribution < -0.4 is 0 Å². The van der Waals surface area contributed by atoms with E-state index in [0.29, 0.717) is 13.1 Å². The molecule has 1 aromatic rings. The van der Waals surface area contributed by atoms with Gasteiger partial charge in [-0.25, -0.2) is 8.42 Å². The van der Waals surface area contributed by atoms with Gasteiger partial charge in [-0.05, 0) is 17.8 Å². The molecule has 0 aliphatic carbocycles. The summed E-state index contributed by atoms with van der Waals surface area (Å²) in [5, 5.41) is 10.8. The monoisotopic (exact) mass is 352 g/mol. The quantitative estimate of drug-likeness (QED) is 0.617. The fourth-order valence-electron chi connectivity index (χ4n) is 2.37. The Labute approximate surface area is 132 Å². The maximum atomic E-state index is 12.6. The van der Waals surface area contributed by atoms with Crippen LogP contribution in [0.25, 0.3) is 0 Å². The van der Waals surface area contributed by atoms with Crippen molar-refractivity contribution in [1.82, 2.24) is 4.31 Å². The predicted octanol–water partition coefficient (Wildman–Crippen LogP) is 3.37. The molecule has 0 radical (unpaired) electrons. The topological polar surface area (TPSA) is 80.5 Å². The number of nitrogens with zero attached hydrogens (tertiary/aromatic N) is 2. The smallest absolute Gasteiger partial charge is 0.258 e. The van der Waals surface area contributed by atoms with Gasteiger partial charge in [0.2, 0.25) is 0 Å². The fourth-order valence-corrected chi connectivity index (χ4v) is 5.69. The molecule has 0 bridgehead atoms. The summed E-state index contributed by atoms with van der Waals surface area (Å²) in [6, 6.07) is 1.05. The zero-order valence-electron chi connectivity index (χ0n) is 12.0. The summed E-state index contributed by atoms with van der Waals surface area (Å²) in [5.41, 5.74) is -0.324. The summed E-state index contributed by atoms with van der Waals surface area (Å²) >= 11 is 6.49. The molecule has 1 aliphatic heterocycles. The van der Waals surface area contributed by atoms with Crippen LogP contribution in [0.15, 0.2) is 10.3 Å². The molecule has 0 aromatic carbocycles. The second-order valence-corrected chi connectivity index (χ2v) is 10.0. The van der Waals surface area contributed by atoms with Crippen molar-refractivity contribution in [1.29, 1.82) is 0 Å². The highest BCUT2D eigenvalue weighted by atomic mass is 35.5. The first-order chi connectivity index (χ1) is 9.53. The molecule has 1 unspecified atom stereocenters. The van der Waals surface area contributed by atoms with Crippen LogP contribution in [0.3, 0.4) is 0 Å². The number of sulfonamides is 1. The number of hydrogen-bond acceptors (Lipinski definition) is 5. The van der Waals surface area contributed by atoms with Gasteiger partial charge < -0.3 is 0 Å². The second-order valence-electron chi connectivity index (χ2n) is 6.20. The van der Waals surface area contributed by atoms with E-state index in [2.05, 4.69) is 20.8 Å². The van der Waals surface area contributed by atoms with E-state index < -0.39 is 14.9 Å². The molecule has 0 saturated carbocycles. The third kappa shape index (κ3) is 3.23. The molecule has 2 rings (SSSR count). The molecule has 9 heteroatoms. The van der Waals surface area contributed by atoms with Crippen LogP contribution in [0, 0.1) is 21.4 Å². The Bertz CT molecular complexity index is 663. The van der Waals surface area contributed by atoms with Crippen LogP contribution in [0.2, 0.25) is 4.34 Å². The Balaban J connectivity index is 2.28. The van der Waals surface area contributed by atoms with Crippen molar-refractivity contribution in [3.05, 3.63) is 20.5 Å². The minimum Gasteiger partial charge on any atom is -0.258 e. The van der Waals surface area contributed by atoms with Gasteiger partial charge in [0.15, 0.2) is 4.34 Å². The first-order valence-corrected chi connectivity index (χ1v) is 9.11. The van der Waals surface area contributed by atoms with E-state index in [-0.39, 0.29) is 25.6 Å². The standard InChI is InChI=1S/C12H17ClN2O4S2/c1-12(2,3)8-4-5-14(7-8)21(18,19)10-6-9(15(16)17)11(13)20-10/h6,8H,4-5,7H2,1-3H3. The Morgan fingerprint density at radius 1 is 1.48 bits per heavy atom. The van der Waals surface area contributed by atoms with Gasteiger partial charge in [0, 0.05) is 19.2 Å². The zero-order chi connectivity index (χ0) is 16.0. The van der Waals surface area contributed by atoms with Crippen LogP contribution in [0.4, 0.5) is 5.69 Å². The average molecular weight is 353 g/mol. The maximum absolute atomic E-state index is 12.6. The Morgan fingerprint density at radius 2 is 2.10 bits per heavy atom. The van der Waals surface area contributed by atoms with Crippen molar-refractivity contribution in [2.45, 2.75) is 31.4 Å². The molecule has 118 valence electrons. The molecular formula is C12H17ClN2O4S2. The summed E-state index contributed by atoms with van der Waals surface area (Å²) in [4.78, 5) is 10.1. The molecule has 1 atom stereocenters. The molecule has 0 spiro atoms. The summed E-state index contributed by atoms with van der Waals surface area (Å²) in [6.45, 7) is 7.13. The van der Waals surface area contributed by atoms with Crippen LogP contribution >= 0.6 is 22.9 Å². The van der Waals surface area contributed by atoms with Gasteiger partial charge in [0.1, 0.15) is 4.21 Å². The normalized spacial score (nSPS) is 20.9. The highest BCUT2D eigenvalue weighted by molar-refractivity contribution is 7.91. The molecule has 0 amide bonds. The molecule has 21 heavy (non-hydrogen) atoms. The van der Waals surface area contributed by atoms with E-state index in [1.807, 2.05) is 0 Å². The zero-order valence-corrected chi connectivity index (χ0v) is 14.4. The molecule has 0 N–H and O–H groups in total. The van der Waals surface area contributed by atoms with Crippen molar-refractivity contribution >= 4 is 38.6 Å². The lowest BCUT2D eigenvalue weighted by atomic mass is 9.80.